The summed E-state index contributed by atoms with van der Waals surface area (Å²) < 4.78 is 0. The van der Waals surface area contributed by atoms with Crippen LogP contribution in [0.2, 0.25) is 0 Å². The molecule has 1 aliphatic rings. The highest BCUT2D eigenvalue weighted by molar-refractivity contribution is 5.79. The minimum atomic E-state index is -0.241. The first kappa shape index (κ1) is 17.3. The molecule has 0 saturated carbocycles. The molecule has 1 saturated heterocycles. The van der Waals surface area contributed by atoms with Crippen molar-refractivity contribution in [3.8, 4) is 0 Å². The summed E-state index contributed by atoms with van der Waals surface area (Å²) >= 11 is 0. The molecule has 0 bridgehead atoms. The van der Waals surface area contributed by atoms with Crippen molar-refractivity contribution in [3.05, 3.63) is 35.4 Å². The Labute approximate surface area is 138 Å². The maximum absolute atomic E-state index is 12.4. The monoisotopic (exact) mass is 317 g/mol. The van der Waals surface area contributed by atoms with E-state index in [1.807, 2.05) is 56.9 Å². The van der Waals surface area contributed by atoms with Crippen LogP contribution in [0.3, 0.4) is 0 Å². The van der Waals surface area contributed by atoms with Gasteiger partial charge in [0.15, 0.2) is 0 Å². The maximum Gasteiger partial charge on any atom is 0.317 e. The Morgan fingerprint density at radius 1 is 1.00 bits per heavy atom. The lowest BCUT2D eigenvalue weighted by Crippen LogP contribution is -2.56. The van der Waals surface area contributed by atoms with Gasteiger partial charge in [0, 0.05) is 31.7 Å². The highest BCUT2D eigenvalue weighted by atomic mass is 16.2. The van der Waals surface area contributed by atoms with Crippen LogP contribution in [0.4, 0.5) is 4.79 Å². The van der Waals surface area contributed by atoms with Gasteiger partial charge >= 0.3 is 6.03 Å². The minimum absolute atomic E-state index is 0.0527. The molecule has 5 nitrogen and oxygen atoms in total. The SMILES string of the molecule is Cc1ccc(CC(=O)N2CCN(C(=O)NC(C)(C)C)CC2)cc1. The van der Waals surface area contributed by atoms with E-state index < -0.39 is 0 Å². The molecule has 23 heavy (non-hydrogen) atoms. The summed E-state index contributed by atoms with van der Waals surface area (Å²) in [5.74, 6) is 0.129. The Balaban J connectivity index is 1.83. The van der Waals surface area contributed by atoms with Gasteiger partial charge in [-0.05, 0) is 33.3 Å². The molecule has 3 amide bonds. The van der Waals surface area contributed by atoms with Crippen LogP contribution < -0.4 is 5.32 Å². The molecule has 1 heterocycles. The first-order valence-corrected chi connectivity index (χ1v) is 8.15. The number of rotatable bonds is 2. The van der Waals surface area contributed by atoms with E-state index >= 15 is 0 Å². The third kappa shape index (κ3) is 5.27. The van der Waals surface area contributed by atoms with Crippen molar-refractivity contribution in [2.45, 2.75) is 39.7 Å². The predicted octanol–water partition coefficient (Wildman–Crippen LogP) is 2.19. The molecule has 0 aromatic heterocycles. The zero-order chi connectivity index (χ0) is 17.0. The number of nitrogens with zero attached hydrogens (tertiary/aromatic N) is 2. The fourth-order valence-corrected chi connectivity index (χ4v) is 2.55. The van der Waals surface area contributed by atoms with Gasteiger partial charge in [-0.15, -0.1) is 0 Å². The van der Waals surface area contributed by atoms with E-state index in [4.69, 9.17) is 0 Å². The lowest BCUT2D eigenvalue weighted by molar-refractivity contribution is -0.131. The number of carbonyl (C=O) groups excluding carboxylic acids is 2. The first-order valence-electron chi connectivity index (χ1n) is 8.15. The molecule has 1 aliphatic heterocycles. The van der Waals surface area contributed by atoms with E-state index in [0.29, 0.717) is 32.6 Å². The number of carbonyl (C=O) groups is 2. The third-order valence-corrected chi connectivity index (χ3v) is 3.88. The van der Waals surface area contributed by atoms with Gasteiger partial charge in [0.2, 0.25) is 5.91 Å². The molecular weight excluding hydrogens is 290 g/mol. The molecule has 0 unspecified atom stereocenters. The molecule has 1 N–H and O–H groups in total. The Hall–Kier alpha value is -2.04. The molecule has 0 spiro atoms. The quantitative estimate of drug-likeness (QED) is 0.909. The van der Waals surface area contributed by atoms with Gasteiger partial charge < -0.3 is 15.1 Å². The molecule has 0 radical (unpaired) electrons. The number of nitrogens with one attached hydrogen (secondary N) is 1. The van der Waals surface area contributed by atoms with Crippen molar-refractivity contribution in [2.75, 3.05) is 26.2 Å². The van der Waals surface area contributed by atoms with Gasteiger partial charge in [0.1, 0.15) is 0 Å². The number of hydrogen-bond acceptors (Lipinski definition) is 2. The van der Waals surface area contributed by atoms with Gasteiger partial charge in [-0.2, -0.15) is 0 Å². The van der Waals surface area contributed by atoms with Crippen molar-refractivity contribution in [3.63, 3.8) is 0 Å². The largest absolute Gasteiger partial charge is 0.339 e. The maximum atomic E-state index is 12.4. The number of benzene rings is 1. The Morgan fingerprint density at radius 3 is 2.04 bits per heavy atom. The summed E-state index contributed by atoms with van der Waals surface area (Å²) in [5, 5.41) is 2.96. The average Bonchev–Trinajstić information content (AvgIpc) is 2.48. The number of amides is 3. The van der Waals surface area contributed by atoms with Gasteiger partial charge in [-0.1, -0.05) is 29.8 Å². The van der Waals surface area contributed by atoms with E-state index in [-0.39, 0.29) is 17.5 Å². The Kier molecular flexibility index (Phi) is 5.29. The average molecular weight is 317 g/mol. The number of piperazine rings is 1. The second-order valence-electron chi connectivity index (χ2n) is 7.21. The smallest absolute Gasteiger partial charge is 0.317 e. The van der Waals surface area contributed by atoms with Crippen LogP contribution in [0.1, 0.15) is 31.9 Å². The fraction of sp³-hybridized carbons (Fsp3) is 0.556. The summed E-state index contributed by atoms with van der Waals surface area (Å²) in [6.45, 7) is 10.3. The van der Waals surface area contributed by atoms with Crippen LogP contribution in [0.5, 0.6) is 0 Å². The predicted molar refractivity (Wildman–Crippen MR) is 91.3 cm³/mol. The lowest BCUT2D eigenvalue weighted by Gasteiger charge is -2.36. The number of hydrogen-bond donors (Lipinski definition) is 1. The van der Waals surface area contributed by atoms with Crippen LogP contribution >= 0.6 is 0 Å². The van der Waals surface area contributed by atoms with Crippen molar-refractivity contribution in [1.29, 1.82) is 0 Å². The molecule has 1 aromatic rings. The van der Waals surface area contributed by atoms with Crippen LogP contribution in [-0.4, -0.2) is 53.5 Å². The van der Waals surface area contributed by atoms with E-state index in [1.165, 1.54) is 5.56 Å². The fourth-order valence-electron chi connectivity index (χ4n) is 2.55. The molecule has 2 rings (SSSR count). The second-order valence-corrected chi connectivity index (χ2v) is 7.21. The lowest BCUT2D eigenvalue weighted by atomic mass is 10.1. The van der Waals surface area contributed by atoms with E-state index in [0.717, 1.165) is 5.56 Å². The summed E-state index contributed by atoms with van der Waals surface area (Å²) in [5.41, 5.74) is 1.99. The highest BCUT2D eigenvalue weighted by Gasteiger charge is 2.26. The molecule has 1 aromatic carbocycles. The van der Waals surface area contributed by atoms with E-state index in [2.05, 4.69) is 5.32 Å². The Morgan fingerprint density at radius 2 is 1.52 bits per heavy atom. The van der Waals surface area contributed by atoms with Crippen molar-refractivity contribution in [1.82, 2.24) is 15.1 Å². The normalized spacial score (nSPS) is 15.5. The standard InChI is InChI=1S/C18H27N3O2/c1-14-5-7-15(8-6-14)13-16(22)20-9-11-21(12-10-20)17(23)19-18(2,3)4/h5-8H,9-13H2,1-4H3,(H,19,23). The summed E-state index contributed by atoms with van der Waals surface area (Å²) in [6, 6.07) is 8.00. The number of aryl methyl sites for hydroxylation is 1. The van der Waals surface area contributed by atoms with Gasteiger partial charge in [-0.3, -0.25) is 4.79 Å². The topological polar surface area (TPSA) is 52.7 Å². The molecular formula is C18H27N3O2. The van der Waals surface area contributed by atoms with Gasteiger partial charge in [-0.25, -0.2) is 4.79 Å². The van der Waals surface area contributed by atoms with Crippen LogP contribution in [0.15, 0.2) is 24.3 Å². The summed E-state index contributed by atoms with van der Waals surface area (Å²) in [4.78, 5) is 28.1. The zero-order valence-corrected chi connectivity index (χ0v) is 14.6. The van der Waals surface area contributed by atoms with Gasteiger partial charge in [0.25, 0.3) is 0 Å². The van der Waals surface area contributed by atoms with E-state index in [1.54, 1.807) is 4.90 Å². The van der Waals surface area contributed by atoms with Crippen LogP contribution in [0.25, 0.3) is 0 Å². The molecule has 5 heteroatoms. The molecule has 126 valence electrons. The third-order valence-electron chi connectivity index (χ3n) is 3.88. The van der Waals surface area contributed by atoms with Crippen LogP contribution in [-0.2, 0) is 11.2 Å². The van der Waals surface area contributed by atoms with Crippen molar-refractivity contribution >= 4 is 11.9 Å². The minimum Gasteiger partial charge on any atom is -0.339 e. The highest BCUT2D eigenvalue weighted by Crippen LogP contribution is 2.09. The van der Waals surface area contributed by atoms with Crippen LogP contribution in [0, 0.1) is 6.92 Å². The molecule has 0 atom stereocenters. The first-order chi connectivity index (χ1) is 10.7. The summed E-state index contributed by atoms with van der Waals surface area (Å²) in [7, 11) is 0. The van der Waals surface area contributed by atoms with Gasteiger partial charge in [0.05, 0.1) is 6.42 Å². The second kappa shape index (κ2) is 7.02. The molecule has 1 fully saturated rings. The Bertz CT molecular complexity index is 553. The zero-order valence-electron chi connectivity index (χ0n) is 14.6. The number of urea groups is 1. The van der Waals surface area contributed by atoms with Crippen molar-refractivity contribution in [2.24, 2.45) is 0 Å². The summed E-state index contributed by atoms with van der Waals surface area (Å²) in [6.07, 6.45) is 0.425. The van der Waals surface area contributed by atoms with Crippen molar-refractivity contribution < 1.29 is 9.59 Å². The molecule has 0 aliphatic carbocycles. The van der Waals surface area contributed by atoms with E-state index in [9.17, 15) is 9.59 Å².